The Morgan fingerprint density at radius 2 is 1.85 bits per heavy atom. The Kier molecular flexibility index (Phi) is 8.72. The van der Waals surface area contributed by atoms with E-state index in [1.165, 1.54) is 6.08 Å². The molecular formula is C28H34F2N2O2. The highest BCUT2D eigenvalue weighted by Gasteiger charge is 2.24. The van der Waals surface area contributed by atoms with Crippen LogP contribution in [0.4, 0.5) is 8.78 Å². The van der Waals surface area contributed by atoms with Crippen LogP contribution in [0.25, 0.3) is 16.9 Å². The Hall–Kier alpha value is -2.86. The molecule has 0 amide bonds. The minimum absolute atomic E-state index is 0.0213. The number of aryl methyl sites for hydroxylation is 1. The molecular weight excluding hydrogens is 434 g/mol. The molecule has 6 heteroatoms. The molecule has 0 N–H and O–H groups in total. The number of hydrogen-bond donors (Lipinski definition) is 0. The number of allylic oxidation sites excluding steroid dienone is 2. The molecule has 0 aliphatic heterocycles. The average molecular weight is 469 g/mol. The summed E-state index contributed by atoms with van der Waals surface area (Å²) in [5.74, 6) is -1.87. The van der Waals surface area contributed by atoms with Gasteiger partial charge in [0.1, 0.15) is 17.3 Å². The van der Waals surface area contributed by atoms with Gasteiger partial charge in [-0.3, -0.25) is 4.79 Å². The van der Waals surface area contributed by atoms with Gasteiger partial charge >= 0.3 is 0 Å². The number of carbonyl (C=O) groups is 1. The van der Waals surface area contributed by atoms with Crippen molar-refractivity contribution in [2.45, 2.75) is 66.4 Å². The van der Waals surface area contributed by atoms with Crippen LogP contribution < -0.4 is 0 Å². The van der Waals surface area contributed by atoms with E-state index in [4.69, 9.17) is 4.74 Å². The summed E-state index contributed by atoms with van der Waals surface area (Å²) in [6, 6.07) is 6.03. The largest absolute Gasteiger partial charge is 0.378 e. The average Bonchev–Trinajstić information content (AvgIpc) is 3.12. The van der Waals surface area contributed by atoms with E-state index < -0.39 is 17.4 Å². The molecule has 0 aliphatic carbocycles. The smallest absolute Gasteiger partial charge is 0.185 e. The van der Waals surface area contributed by atoms with E-state index in [1.807, 2.05) is 43.5 Å². The topological polar surface area (TPSA) is 43.6 Å². The first-order valence-corrected chi connectivity index (χ1v) is 12.1. The van der Waals surface area contributed by atoms with E-state index in [2.05, 4.69) is 18.8 Å². The maximum Gasteiger partial charge on any atom is 0.185 e. The zero-order valence-electron chi connectivity index (χ0n) is 20.7. The number of hydrogen-bond acceptors (Lipinski definition) is 3. The third kappa shape index (κ3) is 5.98. The van der Waals surface area contributed by atoms with Crippen LogP contribution in [0.2, 0.25) is 0 Å². The van der Waals surface area contributed by atoms with Crippen LogP contribution in [-0.2, 0) is 11.2 Å². The molecule has 3 rings (SSSR count). The normalized spacial score (nSPS) is 12.8. The first-order chi connectivity index (χ1) is 16.2. The number of ketones is 1. The van der Waals surface area contributed by atoms with Crippen molar-refractivity contribution >= 4 is 11.4 Å². The molecule has 0 saturated heterocycles. The van der Waals surface area contributed by atoms with Crippen molar-refractivity contribution in [3.05, 3.63) is 71.1 Å². The molecule has 0 bridgehead atoms. The number of carbonyl (C=O) groups excluding carboxylic acids is 1. The maximum absolute atomic E-state index is 15.3. The second-order valence-corrected chi connectivity index (χ2v) is 9.11. The minimum atomic E-state index is -0.802. The van der Waals surface area contributed by atoms with E-state index in [0.29, 0.717) is 24.4 Å². The standard InChI is InChI=1S/C28H34F2N2O2/c1-6-8-21(34-13-7-2)17-24-28(31-26-14-19(5)11-12-32(24)26)27-22(29)15-20(16-23(27)30)25(33)10-9-18(3)4/h9-12,14-16,18,21H,6-8,13,17H2,1-5H3/b10-9+. The van der Waals surface area contributed by atoms with E-state index in [1.54, 1.807) is 6.08 Å². The molecule has 2 aromatic heterocycles. The van der Waals surface area contributed by atoms with Gasteiger partial charge < -0.3 is 9.14 Å². The predicted molar refractivity (Wildman–Crippen MR) is 132 cm³/mol. The highest BCUT2D eigenvalue weighted by molar-refractivity contribution is 6.04. The van der Waals surface area contributed by atoms with E-state index in [0.717, 1.165) is 37.0 Å². The highest BCUT2D eigenvalue weighted by atomic mass is 19.1. The number of ether oxygens (including phenoxy) is 1. The quantitative estimate of drug-likeness (QED) is 0.222. The number of halogens is 2. The van der Waals surface area contributed by atoms with Gasteiger partial charge in [-0.1, -0.05) is 40.2 Å². The van der Waals surface area contributed by atoms with Crippen molar-refractivity contribution < 1.29 is 18.3 Å². The summed E-state index contributed by atoms with van der Waals surface area (Å²) in [6.45, 7) is 10.6. The summed E-state index contributed by atoms with van der Waals surface area (Å²) in [5.41, 5.74) is 2.33. The van der Waals surface area contributed by atoms with Gasteiger partial charge in [-0.15, -0.1) is 0 Å². The zero-order valence-corrected chi connectivity index (χ0v) is 20.7. The molecule has 0 radical (unpaired) electrons. The Balaban J connectivity index is 2.11. The van der Waals surface area contributed by atoms with Crippen LogP contribution in [0, 0.1) is 24.5 Å². The van der Waals surface area contributed by atoms with Gasteiger partial charge in [0.05, 0.1) is 23.1 Å². The number of fused-ring (bicyclic) bond motifs is 1. The molecule has 2 heterocycles. The second kappa shape index (κ2) is 11.5. The van der Waals surface area contributed by atoms with Crippen LogP contribution in [0.3, 0.4) is 0 Å². The van der Waals surface area contributed by atoms with Crippen LogP contribution in [-0.4, -0.2) is 27.9 Å². The Bertz CT molecular complexity index is 1160. The number of imidazole rings is 1. The van der Waals surface area contributed by atoms with E-state index in [9.17, 15) is 4.79 Å². The van der Waals surface area contributed by atoms with Crippen LogP contribution in [0.5, 0.6) is 0 Å². The second-order valence-electron chi connectivity index (χ2n) is 9.11. The molecule has 0 spiro atoms. The van der Waals surface area contributed by atoms with Gasteiger partial charge in [-0.2, -0.15) is 0 Å². The summed E-state index contributed by atoms with van der Waals surface area (Å²) >= 11 is 0. The number of benzene rings is 1. The van der Waals surface area contributed by atoms with Gasteiger partial charge in [0.15, 0.2) is 5.78 Å². The first-order valence-electron chi connectivity index (χ1n) is 12.1. The van der Waals surface area contributed by atoms with Crippen molar-refractivity contribution in [2.24, 2.45) is 5.92 Å². The lowest BCUT2D eigenvalue weighted by Crippen LogP contribution is -2.18. The fraction of sp³-hybridized carbons (Fsp3) is 0.429. The highest BCUT2D eigenvalue weighted by Crippen LogP contribution is 2.32. The summed E-state index contributed by atoms with van der Waals surface area (Å²) < 4.78 is 38.6. The summed E-state index contributed by atoms with van der Waals surface area (Å²) in [5, 5.41) is 0. The summed E-state index contributed by atoms with van der Waals surface area (Å²) in [6.07, 6.45) is 7.99. The minimum Gasteiger partial charge on any atom is -0.378 e. The van der Waals surface area contributed by atoms with Gasteiger partial charge in [0, 0.05) is 24.8 Å². The third-order valence-electron chi connectivity index (χ3n) is 5.67. The van der Waals surface area contributed by atoms with Gasteiger partial charge in [-0.05, 0) is 61.6 Å². The fourth-order valence-corrected chi connectivity index (χ4v) is 3.98. The first kappa shape index (κ1) is 25.8. The monoisotopic (exact) mass is 468 g/mol. The van der Waals surface area contributed by atoms with Crippen molar-refractivity contribution in [1.29, 1.82) is 0 Å². The van der Waals surface area contributed by atoms with Crippen molar-refractivity contribution in [3.8, 4) is 11.3 Å². The van der Waals surface area contributed by atoms with Crippen molar-refractivity contribution in [2.75, 3.05) is 6.61 Å². The molecule has 1 unspecified atom stereocenters. The van der Waals surface area contributed by atoms with Gasteiger partial charge in [0.2, 0.25) is 0 Å². The number of nitrogens with zero attached hydrogens (tertiary/aromatic N) is 2. The molecule has 0 fully saturated rings. The molecule has 3 aromatic rings. The van der Waals surface area contributed by atoms with Crippen molar-refractivity contribution in [1.82, 2.24) is 9.38 Å². The van der Waals surface area contributed by atoms with Crippen LogP contribution in [0.15, 0.2) is 42.6 Å². The molecule has 1 aromatic carbocycles. The summed E-state index contributed by atoms with van der Waals surface area (Å²) in [4.78, 5) is 17.0. The summed E-state index contributed by atoms with van der Waals surface area (Å²) in [7, 11) is 0. The predicted octanol–water partition coefficient (Wildman–Crippen LogP) is 7.12. The lowest BCUT2D eigenvalue weighted by atomic mass is 10.00. The molecule has 0 saturated carbocycles. The Labute approximate surface area is 200 Å². The van der Waals surface area contributed by atoms with Crippen molar-refractivity contribution in [3.63, 3.8) is 0 Å². The molecule has 4 nitrogen and oxygen atoms in total. The molecule has 1 atom stereocenters. The maximum atomic E-state index is 15.3. The number of aromatic nitrogens is 2. The lowest BCUT2D eigenvalue weighted by Gasteiger charge is -2.18. The number of rotatable bonds is 11. The SMILES string of the molecule is CCCOC(CCC)Cc1c(-c2c(F)cc(C(=O)/C=C/C(C)C)cc2F)nc2cc(C)ccn12. The van der Waals surface area contributed by atoms with Crippen LogP contribution >= 0.6 is 0 Å². The fourth-order valence-electron chi connectivity index (χ4n) is 3.98. The molecule has 34 heavy (non-hydrogen) atoms. The molecule has 182 valence electrons. The Morgan fingerprint density at radius 1 is 1.15 bits per heavy atom. The lowest BCUT2D eigenvalue weighted by molar-refractivity contribution is 0.0470. The Morgan fingerprint density at radius 3 is 2.47 bits per heavy atom. The van der Waals surface area contributed by atoms with Crippen LogP contribution in [0.1, 0.15) is 68.6 Å². The van der Waals surface area contributed by atoms with Gasteiger partial charge in [0.25, 0.3) is 0 Å². The third-order valence-corrected chi connectivity index (χ3v) is 5.67. The molecule has 0 aliphatic rings. The van der Waals surface area contributed by atoms with E-state index in [-0.39, 0.29) is 28.8 Å². The van der Waals surface area contributed by atoms with E-state index >= 15 is 8.78 Å². The number of pyridine rings is 1. The van der Waals surface area contributed by atoms with Gasteiger partial charge in [-0.25, -0.2) is 13.8 Å². The zero-order chi connectivity index (χ0) is 24.8.